The van der Waals surface area contributed by atoms with Crippen LogP contribution in [-0.4, -0.2) is 24.5 Å². The highest BCUT2D eigenvalue weighted by atomic mass is 19.4. The number of benzene rings is 2. The highest BCUT2D eigenvalue weighted by molar-refractivity contribution is 6.08. The third-order valence-electron chi connectivity index (χ3n) is 4.91. The summed E-state index contributed by atoms with van der Waals surface area (Å²) in [4.78, 5) is 19.0. The molecule has 0 atom stereocenters. The van der Waals surface area contributed by atoms with Crippen LogP contribution in [0, 0.1) is 5.82 Å². The zero-order valence-electron chi connectivity index (χ0n) is 16.3. The molecule has 1 aliphatic heterocycles. The Hall–Kier alpha value is -3.62. The van der Waals surface area contributed by atoms with E-state index in [1.807, 2.05) is 0 Å². The minimum Gasteiger partial charge on any atom is -0.457 e. The number of fused-ring (bicyclic) bond motifs is 1. The van der Waals surface area contributed by atoms with Crippen molar-refractivity contribution in [2.75, 3.05) is 23.8 Å². The normalized spacial score (nSPS) is 13.7. The van der Waals surface area contributed by atoms with Gasteiger partial charge in [0.05, 0.1) is 5.56 Å². The van der Waals surface area contributed by atoms with Gasteiger partial charge in [-0.15, -0.1) is 0 Å². The van der Waals surface area contributed by atoms with Crippen LogP contribution >= 0.6 is 0 Å². The summed E-state index contributed by atoms with van der Waals surface area (Å²) < 4.78 is 57.5. The lowest BCUT2D eigenvalue weighted by atomic mass is 9.98. The highest BCUT2D eigenvalue weighted by Crippen LogP contribution is 2.34. The Morgan fingerprint density at radius 2 is 1.81 bits per heavy atom. The number of hydrogen-bond donors (Lipinski definition) is 1. The quantitative estimate of drug-likeness (QED) is 0.572. The third kappa shape index (κ3) is 4.16. The van der Waals surface area contributed by atoms with Crippen LogP contribution in [-0.2, 0) is 12.6 Å². The first-order valence-electron chi connectivity index (χ1n) is 9.40. The van der Waals surface area contributed by atoms with E-state index in [-0.39, 0.29) is 17.4 Å². The smallest absolute Gasteiger partial charge is 0.419 e. The van der Waals surface area contributed by atoms with Crippen molar-refractivity contribution in [2.24, 2.45) is 0 Å². The van der Waals surface area contributed by atoms with Crippen LogP contribution in [0.4, 0.5) is 29.2 Å². The van der Waals surface area contributed by atoms with Gasteiger partial charge in [0.15, 0.2) is 0 Å². The van der Waals surface area contributed by atoms with Gasteiger partial charge in [0, 0.05) is 25.2 Å². The topological polar surface area (TPSA) is 54.5 Å². The fraction of sp³-hybridized carbons (Fsp3) is 0.182. The number of nitrogens with one attached hydrogen (secondary N) is 1. The van der Waals surface area contributed by atoms with Crippen LogP contribution in [0.15, 0.2) is 54.6 Å². The summed E-state index contributed by atoms with van der Waals surface area (Å²) in [5, 5.41) is 2.92. The molecule has 0 radical (unpaired) electrons. The maximum absolute atomic E-state index is 13.8. The number of aromatic nitrogens is 1. The Kier molecular flexibility index (Phi) is 5.26. The molecule has 2 aromatic carbocycles. The first-order chi connectivity index (χ1) is 14.8. The molecule has 160 valence electrons. The van der Waals surface area contributed by atoms with E-state index >= 15 is 0 Å². The summed E-state index contributed by atoms with van der Waals surface area (Å²) in [7, 11) is 1.73. The van der Waals surface area contributed by atoms with Crippen LogP contribution < -0.4 is 15.0 Å². The summed E-state index contributed by atoms with van der Waals surface area (Å²) in [6.45, 7) is 0.455. The standard InChI is InChI=1S/C22H17F4N3O2/c1-27-19-3-2-4-20(28-19)29-10-9-13-5-6-14(11-16(13)21(29)30)31-15-7-8-17(18(23)12-15)22(24,25)26/h2-8,11-12H,9-10H2,1H3,(H,27,28). The second-order valence-electron chi connectivity index (χ2n) is 6.90. The van der Waals surface area contributed by atoms with Gasteiger partial charge in [0.1, 0.15) is 29.0 Å². The molecule has 0 spiro atoms. The van der Waals surface area contributed by atoms with Gasteiger partial charge in [-0.25, -0.2) is 9.37 Å². The molecule has 0 saturated carbocycles. The van der Waals surface area contributed by atoms with E-state index in [0.717, 1.165) is 11.6 Å². The van der Waals surface area contributed by atoms with Gasteiger partial charge in [0.2, 0.25) is 0 Å². The van der Waals surface area contributed by atoms with Gasteiger partial charge in [0.25, 0.3) is 5.91 Å². The molecule has 0 bridgehead atoms. The van der Waals surface area contributed by atoms with E-state index in [2.05, 4.69) is 10.3 Å². The predicted molar refractivity (Wildman–Crippen MR) is 107 cm³/mol. The van der Waals surface area contributed by atoms with Gasteiger partial charge < -0.3 is 10.1 Å². The molecule has 1 amide bonds. The Balaban J connectivity index is 1.60. The number of halogens is 4. The summed E-state index contributed by atoms with van der Waals surface area (Å²) in [5.74, 6) is -0.470. The monoisotopic (exact) mass is 431 g/mol. The van der Waals surface area contributed by atoms with Crippen LogP contribution in [0.2, 0.25) is 0 Å². The molecule has 0 unspecified atom stereocenters. The van der Waals surface area contributed by atoms with Gasteiger partial charge in [-0.2, -0.15) is 13.2 Å². The van der Waals surface area contributed by atoms with E-state index in [0.29, 0.717) is 42.3 Å². The SMILES string of the molecule is CNc1cccc(N2CCc3ccc(Oc4ccc(C(F)(F)F)c(F)c4)cc3C2=O)n1. The van der Waals surface area contributed by atoms with E-state index in [4.69, 9.17) is 4.74 Å². The Morgan fingerprint density at radius 1 is 1.06 bits per heavy atom. The molecule has 4 rings (SSSR count). The van der Waals surface area contributed by atoms with Gasteiger partial charge >= 0.3 is 6.18 Å². The number of alkyl halides is 3. The maximum atomic E-state index is 13.8. The zero-order chi connectivity index (χ0) is 22.2. The van der Waals surface area contributed by atoms with Crippen LogP contribution in [0.25, 0.3) is 0 Å². The number of rotatable bonds is 4. The number of nitrogens with zero attached hydrogens (tertiary/aromatic N) is 2. The average Bonchev–Trinajstić information content (AvgIpc) is 2.73. The maximum Gasteiger partial charge on any atom is 0.419 e. The Morgan fingerprint density at radius 3 is 2.52 bits per heavy atom. The fourth-order valence-electron chi connectivity index (χ4n) is 3.37. The van der Waals surface area contributed by atoms with Gasteiger partial charge in [-0.05, 0) is 48.4 Å². The van der Waals surface area contributed by atoms with Crippen LogP contribution in [0.1, 0.15) is 21.5 Å². The minimum atomic E-state index is -4.79. The summed E-state index contributed by atoms with van der Waals surface area (Å²) >= 11 is 0. The van der Waals surface area contributed by atoms with Crippen molar-refractivity contribution in [3.63, 3.8) is 0 Å². The summed E-state index contributed by atoms with van der Waals surface area (Å²) in [6.07, 6.45) is -4.19. The zero-order valence-corrected chi connectivity index (χ0v) is 16.3. The predicted octanol–water partition coefficient (Wildman–Crippen LogP) is 5.28. The largest absolute Gasteiger partial charge is 0.457 e. The molecule has 5 nitrogen and oxygen atoms in total. The Labute approximate surface area is 175 Å². The van der Waals surface area contributed by atoms with Gasteiger partial charge in [-0.3, -0.25) is 9.69 Å². The number of hydrogen-bond acceptors (Lipinski definition) is 4. The fourth-order valence-corrected chi connectivity index (χ4v) is 3.37. The molecule has 1 aromatic heterocycles. The van der Waals surface area contributed by atoms with Crippen LogP contribution in [0.5, 0.6) is 11.5 Å². The molecule has 2 heterocycles. The molecular weight excluding hydrogens is 414 g/mol. The van der Waals surface area contributed by atoms with Crippen molar-refractivity contribution in [3.8, 4) is 11.5 Å². The summed E-state index contributed by atoms with van der Waals surface area (Å²) in [5.41, 5.74) is -0.155. The minimum absolute atomic E-state index is 0.103. The molecule has 0 fully saturated rings. The molecule has 1 N–H and O–H groups in total. The van der Waals surface area contributed by atoms with E-state index < -0.39 is 17.6 Å². The Bertz CT molecular complexity index is 1150. The molecule has 0 saturated heterocycles. The van der Waals surface area contributed by atoms with Crippen molar-refractivity contribution >= 4 is 17.5 Å². The van der Waals surface area contributed by atoms with Crippen LogP contribution in [0.3, 0.4) is 0 Å². The first-order valence-corrected chi connectivity index (χ1v) is 9.40. The van der Waals surface area contributed by atoms with E-state index in [9.17, 15) is 22.4 Å². The molecule has 31 heavy (non-hydrogen) atoms. The number of carbonyl (C=O) groups is 1. The number of ether oxygens (including phenoxy) is 1. The van der Waals surface area contributed by atoms with Crippen molar-refractivity contribution in [3.05, 3.63) is 77.1 Å². The van der Waals surface area contributed by atoms with Crippen molar-refractivity contribution in [1.82, 2.24) is 4.98 Å². The second kappa shape index (κ2) is 7.90. The van der Waals surface area contributed by atoms with Crippen molar-refractivity contribution in [2.45, 2.75) is 12.6 Å². The molecule has 1 aliphatic rings. The van der Waals surface area contributed by atoms with Gasteiger partial charge in [-0.1, -0.05) is 12.1 Å². The lowest BCUT2D eigenvalue weighted by Gasteiger charge is -2.28. The van der Waals surface area contributed by atoms with E-state index in [1.54, 1.807) is 42.3 Å². The number of amides is 1. The molecule has 9 heteroatoms. The highest BCUT2D eigenvalue weighted by Gasteiger charge is 2.34. The number of anilines is 2. The number of pyridine rings is 1. The third-order valence-corrected chi connectivity index (χ3v) is 4.91. The molecular formula is C22H17F4N3O2. The second-order valence-corrected chi connectivity index (χ2v) is 6.90. The first kappa shape index (κ1) is 20.6. The number of carbonyl (C=O) groups excluding carboxylic acids is 1. The molecule has 0 aliphatic carbocycles. The summed E-state index contributed by atoms with van der Waals surface area (Å²) in [6, 6.07) is 12.4. The molecule has 3 aromatic rings. The van der Waals surface area contributed by atoms with Crippen molar-refractivity contribution < 1.29 is 27.1 Å². The average molecular weight is 431 g/mol. The van der Waals surface area contributed by atoms with Crippen molar-refractivity contribution in [1.29, 1.82) is 0 Å². The lowest BCUT2D eigenvalue weighted by Crippen LogP contribution is -2.38. The lowest BCUT2D eigenvalue weighted by molar-refractivity contribution is -0.140. The van der Waals surface area contributed by atoms with E-state index in [1.165, 1.54) is 6.07 Å².